The molecule has 3 heterocycles. The van der Waals surface area contributed by atoms with E-state index < -0.39 is 36.9 Å². The van der Waals surface area contributed by atoms with Crippen LogP contribution in [0.4, 0.5) is 0 Å². The molecule has 112 valence electrons. The van der Waals surface area contributed by atoms with E-state index in [9.17, 15) is 20.1 Å². The number of carboxylic acids is 1. The summed E-state index contributed by atoms with van der Waals surface area (Å²) in [4.78, 5) is 22.1. The largest absolute Gasteiger partial charge is 0.492 e. The first-order chi connectivity index (χ1) is 9.99. The minimum atomic E-state index is -1.35. The lowest BCUT2D eigenvalue weighted by Gasteiger charge is -2.16. The molecule has 2 unspecified atom stereocenters. The molecule has 10 nitrogen and oxygen atoms in total. The molecule has 1 aliphatic rings. The summed E-state index contributed by atoms with van der Waals surface area (Å²) >= 11 is 0. The van der Waals surface area contributed by atoms with Crippen molar-refractivity contribution in [2.45, 2.75) is 31.0 Å². The molecule has 0 saturated carbocycles. The van der Waals surface area contributed by atoms with Crippen LogP contribution in [0.2, 0.25) is 0 Å². The van der Waals surface area contributed by atoms with E-state index >= 15 is 0 Å². The van der Waals surface area contributed by atoms with Crippen LogP contribution >= 0.6 is 0 Å². The van der Waals surface area contributed by atoms with Gasteiger partial charge in [-0.3, -0.25) is 9.36 Å². The summed E-state index contributed by atoms with van der Waals surface area (Å²) in [6.45, 7) is 0. The van der Waals surface area contributed by atoms with Crippen molar-refractivity contribution in [3.63, 3.8) is 0 Å². The van der Waals surface area contributed by atoms with Gasteiger partial charge in [0.15, 0.2) is 17.4 Å². The molecule has 2 aromatic heterocycles. The number of aliphatic carboxylic acids is 1. The molecular formula is C11H12N4O6. The Morgan fingerprint density at radius 3 is 2.76 bits per heavy atom. The molecule has 4 N–H and O–H groups in total. The first-order valence-electron chi connectivity index (χ1n) is 6.09. The summed E-state index contributed by atoms with van der Waals surface area (Å²) in [6, 6.07) is 0. The van der Waals surface area contributed by atoms with Crippen LogP contribution < -0.4 is 0 Å². The number of aromatic hydroxyl groups is 1. The third-order valence-corrected chi connectivity index (χ3v) is 3.33. The van der Waals surface area contributed by atoms with Gasteiger partial charge < -0.3 is 25.2 Å². The summed E-state index contributed by atoms with van der Waals surface area (Å²) in [5.41, 5.74) is 0.319. The molecule has 3 rings (SSSR count). The molecule has 1 fully saturated rings. The van der Waals surface area contributed by atoms with E-state index in [1.807, 2.05) is 0 Å². The summed E-state index contributed by atoms with van der Waals surface area (Å²) in [6.07, 6.45) is -2.85. The van der Waals surface area contributed by atoms with Gasteiger partial charge in [-0.2, -0.15) is 4.98 Å². The lowest BCUT2D eigenvalue weighted by atomic mass is 10.1. The van der Waals surface area contributed by atoms with Crippen molar-refractivity contribution < 1.29 is 30.0 Å². The molecule has 1 aliphatic heterocycles. The number of aromatic nitrogens is 4. The van der Waals surface area contributed by atoms with Gasteiger partial charge in [-0.05, 0) is 0 Å². The highest BCUT2D eigenvalue weighted by molar-refractivity contribution is 5.75. The second kappa shape index (κ2) is 4.91. The lowest BCUT2D eigenvalue weighted by molar-refractivity contribution is -0.141. The Kier molecular flexibility index (Phi) is 3.20. The van der Waals surface area contributed by atoms with Gasteiger partial charge in [0, 0.05) is 0 Å². The fraction of sp³-hybridized carbons (Fsp3) is 0.455. The molecule has 0 aromatic carbocycles. The second-order valence-corrected chi connectivity index (χ2v) is 4.67. The monoisotopic (exact) mass is 296 g/mol. The number of fused-ring (bicyclic) bond motifs is 1. The molecule has 4 atom stereocenters. The summed E-state index contributed by atoms with van der Waals surface area (Å²) in [7, 11) is 0. The van der Waals surface area contributed by atoms with Gasteiger partial charge in [0.05, 0.1) is 18.9 Å². The van der Waals surface area contributed by atoms with E-state index in [1.54, 1.807) is 0 Å². The molecule has 0 bridgehead atoms. The van der Waals surface area contributed by atoms with Crippen LogP contribution in [0.1, 0.15) is 12.6 Å². The molecular weight excluding hydrogens is 284 g/mol. The van der Waals surface area contributed by atoms with Crippen LogP contribution in [-0.2, 0) is 9.53 Å². The van der Waals surface area contributed by atoms with Gasteiger partial charge >= 0.3 is 5.97 Å². The van der Waals surface area contributed by atoms with Crippen molar-refractivity contribution in [2.24, 2.45) is 0 Å². The lowest BCUT2D eigenvalue weighted by Crippen LogP contribution is -2.32. The minimum absolute atomic E-state index is 0.115. The number of hydrogen-bond donors (Lipinski definition) is 4. The number of carboxylic acid groups (broad SMARTS) is 1. The topological polar surface area (TPSA) is 151 Å². The van der Waals surface area contributed by atoms with Gasteiger partial charge in [-0.1, -0.05) is 0 Å². The molecule has 0 spiro atoms. The van der Waals surface area contributed by atoms with E-state index in [4.69, 9.17) is 9.84 Å². The number of aliphatic hydroxyl groups excluding tert-OH is 2. The van der Waals surface area contributed by atoms with Gasteiger partial charge in [-0.15, -0.1) is 0 Å². The van der Waals surface area contributed by atoms with Crippen molar-refractivity contribution in [1.29, 1.82) is 0 Å². The summed E-state index contributed by atoms with van der Waals surface area (Å²) < 4.78 is 6.70. The Morgan fingerprint density at radius 1 is 1.29 bits per heavy atom. The smallest absolute Gasteiger partial charge is 0.306 e. The molecule has 0 aliphatic carbocycles. The molecule has 0 amide bonds. The Morgan fingerprint density at radius 2 is 2.05 bits per heavy atom. The highest BCUT2D eigenvalue weighted by atomic mass is 16.6. The van der Waals surface area contributed by atoms with Crippen molar-refractivity contribution in [1.82, 2.24) is 19.5 Å². The maximum Gasteiger partial charge on any atom is 0.306 e. The highest BCUT2D eigenvalue weighted by Crippen LogP contribution is 2.33. The average Bonchev–Trinajstić information content (AvgIpc) is 2.96. The predicted molar refractivity (Wildman–Crippen MR) is 65.2 cm³/mol. The number of rotatable bonds is 3. The highest BCUT2D eigenvalue weighted by Gasteiger charge is 2.45. The summed E-state index contributed by atoms with van der Waals surface area (Å²) in [5, 5.41) is 38.2. The van der Waals surface area contributed by atoms with Crippen LogP contribution in [0.15, 0.2) is 12.7 Å². The number of aliphatic hydroxyl groups is 2. The fourth-order valence-electron chi connectivity index (χ4n) is 2.33. The van der Waals surface area contributed by atoms with Crippen LogP contribution in [0.5, 0.6) is 5.88 Å². The van der Waals surface area contributed by atoms with E-state index in [2.05, 4.69) is 15.0 Å². The van der Waals surface area contributed by atoms with E-state index in [0.29, 0.717) is 0 Å². The fourth-order valence-corrected chi connectivity index (χ4v) is 2.33. The Balaban J connectivity index is 1.96. The first-order valence-corrected chi connectivity index (χ1v) is 6.09. The zero-order chi connectivity index (χ0) is 15.1. The number of carbonyl (C=O) groups is 1. The van der Waals surface area contributed by atoms with Crippen molar-refractivity contribution in [3.8, 4) is 5.88 Å². The maximum atomic E-state index is 10.7. The Hall–Kier alpha value is -2.30. The van der Waals surface area contributed by atoms with Gasteiger partial charge in [-0.25, -0.2) is 9.97 Å². The zero-order valence-electron chi connectivity index (χ0n) is 10.6. The maximum absolute atomic E-state index is 10.7. The second-order valence-electron chi connectivity index (χ2n) is 4.67. The number of nitrogens with zero attached hydrogens (tertiary/aromatic N) is 4. The van der Waals surface area contributed by atoms with Crippen LogP contribution in [0, 0.1) is 0 Å². The first kappa shape index (κ1) is 13.7. The third-order valence-electron chi connectivity index (χ3n) is 3.33. The average molecular weight is 296 g/mol. The number of hydrogen-bond acceptors (Lipinski definition) is 8. The van der Waals surface area contributed by atoms with E-state index in [0.717, 1.165) is 6.33 Å². The molecule has 0 radical (unpaired) electrons. The van der Waals surface area contributed by atoms with Gasteiger partial charge in [0.2, 0.25) is 5.88 Å². The number of imidazole rings is 1. The Labute approximate surface area is 117 Å². The van der Waals surface area contributed by atoms with E-state index in [-0.39, 0.29) is 17.0 Å². The van der Waals surface area contributed by atoms with Crippen LogP contribution in [0.25, 0.3) is 11.2 Å². The Bertz CT molecular complexity index is 688. The number of ether oxygens (including phenoxy) is 1. The van der Waals surface area contributed by atoms with Crippen molar-refractivity contribution >= 4 is 17.1 Å². The minimum Gasteiger partial charge on any atom is -0.492 e. The molecule has 10 heteroatoms. The quantitative estimate of drug-likeness (QED) is 0.537. The predicted octanol–water partition coefficient (Wildman–Crippen LogP) is -1.37. The van der Waals surface area contributed by atoms with Crippen molar-refractivity contribution in [3.05, 3.63) is 12.7 Å². The van der Waals surface area contributed by atoms with Crippen LogP contribution in [0.3, 0.4) is 0 Å². The van der Waals surface area contributed by atoms with Gasteiger partial charge in [0.25, 0.3) is 0 Å². The third kappa shape index (κ3) is 2.18. The zero-order valence-corrected chi connectivity index (χ0v) is 10.6. The molecule has 21 heavy (non-hydrogen) atoms. The van der Waals surface area contributed by atoms with Crippen molar-refractivity contribution in [2.75, 3.05) is 0 Å². The van der Waals surface area contributed by atoms with E-state index in [1.165, 1.54) is 10.9 Å². The van der Waals surface area contributed by atoms with Crippen LogP contribution in [-0.4, -0.2) is 64.2 Å². The SMILES string of the molecule is O=C(O)C[C@H]1O[C@@H](n2cnc3c(O)ncnc32)C(O)C1O. The summed E-state index contributed by atoms with van der Waals surface area (Å²) in [5.74, 6) is -1.48. The molecule has 2 aromatic rings. The molecule has 1 saturated heterocycles. The normalized spacial score (nSPS) is 29.0. The van der Waals surface area contributed by atoms with Gasteiger partial charge in [0.1, 0.15) is 18.5 Å². The standard InChI is InChI=1S/C11H12N4O6/c16-5(17)1-4-7(18)8(19)11(21-4)15-3-14-6-9(15)12-2-13-10(6)20/h2-4,7-8,11,18-19H,1H2,(H,16,17)(H,12,13,20)/t4-,7?,8?,11-/m1/s1.